The van der Waals surface area contributed by atoms with Crippen molar-refractivity contribution >= 4 is 5.91 Å². The summed E-state index contributed by atoms with van der Waals surface area (Å²) in [7, 11) is 3.00. The summed E-state index contributed by atoms with van der Waals surface area (Å²) in [6, 6.07) is 7.31. The zero-order valence-corrected chi connectivity index (χ0v) is 14.7. The van der Waals surface area contributed by atoms with Crippen LogP contribution in [0.15, 0.2) is 35.1 Å². The normalized spacial score (nSPS) is 10.6. The number of hydrogen-bond acceptors (Lipinski definition) is 4. The molecule has 1 aromatic heterocycles. The number of benzene rings is 1. The van der Waals surface area contributed by atoms with Gasteiger partial charge < -0.3 is 9.64 Å². The fourth-order valence-electron chi connectivity index (χ4n) is 2.38. The van der Waals surface area contributed by atoms with E-state index >= 15 is 0 Å². The molecule has 6 nitrogen and oxygen atoms in total. The highest BCUT2D eigenvalue weighted by Crippen LogP contribution is 2.18. The van der Waals surface area contributed by atoms with Gasteiger partial charge in [-0.2, -0.15) is 5.10 Å². The molecule has 1 aromatic carbocycles. The number of aromatic nitrogens is 2. The first-order chi connectivity index (χ1) is 12.0. The van der Waals surface area contributed by atoms with Crippen LogP contribution in [0.2, 0.25) is 0 Å². The number of nitrogens with zero attached hydrogens (tertiary/aromatic N) is 3. The average Bonchev–Trinajstić information content (AvgIpc) is 2.60. The third-order valence-electron chi connectivity index (χ3n) is 3.79. The zero-order valence-electron chi connectivity index (χ0n) is 14.7. The first-order valence-corrected chi connectivity index (χ1v) is 8.12. The monoisotopic (exact) mass is 347 g/mol. The third-order valence-corrected chi connectivity index (χ3v) is 3.79. The molecule has 2 aromatic rings. The lowest BCUT2D eigenvalue weighted by molar-refractivity contribution is 0.0776. The van der Waals surface area contributed by atoms with Crippen LogP contribution in [0.1, 0.15) is 35.8 Å². The summed E-state index contributed by atoms with van der Waals surface area (Å²) < 4.78 is 19.9. The van der Waals surface area contributed by atoms with Gasteiger partial charge >= 0.3 is 0 Å². The fourth-order valence-corrected chi connectivity index (χ4v) is 2.38. The molecule has 0 aliphatic rings. The van der Waals surface area contributed by atoms with Crippen molar-refractivity contribution in [2.75, 3.05) is 14.2 Å². The predicted octanol–water partition coefficient (Wildman–Crippen LogP) is 2.46. The van der Waals surface area contributed by atoms with E-state index in [4.69, 9.17) is 4.74 Å². The van der Waals surface area contributed by atoms with Crippen molar-refractivity contribution in [2.24, 2.45) is 0 Å². The fraction of sp³-hybridized carbons (Fsp3) is 0.389. The molecule has 0 saturated heterocycles. The van der Waals surface area contributed by atoms with E-state index in [1.807, 2.05) is 6.92 Å². The summed E-state index contributed by atoms with van der Waals surface area (Å²) in [6.45, 7) is 2.71. The van der Waals surface area contributed by atoms with Crippen molar-refractivity contribution in [1.29, 1.82) is 0 Å². The van der Waals surface area contributed by atoms with Gasteiger partial charge in [-0.25, -0.2) is 9.07 Å². The van der Waals surface area contributed by atoms with E-state index in [0.29, 0.717) is 12.1 Å². The second-order valence-electron chi connectivity index (χ2n) is 5.76. The number of aryl methyl sites for hydroxylation is 1. The van der Waals surface area contributed by atoms with Crippen LogP contribution in [-0.4, -0.2) is 34.7 Å². The Kier molecular flexibility index (Phi) is 6.27. The van der Waals surface area contributed by atoms with Gasteiger partial charge in [0.1, 0.15) is 5.69 Å². The van der Waals surface area contributed by atoms with Crippen LogP contribution >= 0.6 is 0 Å². The quantitative estimate of drug-likeness (QED) is 0.772. The summed E-state index contributed by atoms with van der Waals surface area (Å²) in [5.74, 6) is -0.657. The maximum atomic E-state index is 13.8. The molecule has 0 fully saturated rings. The van der Waals surface area contributed by atoms with Gasteiger partial charge in [0.05, 0.1) is 7.11 Å². The Morgan fingerprint density at radius 1 is 1.32 bits per heavy atom. The summed E-state index contributed by atoms with van der Waals surface area (Å²) in [4.78, 5) is 25.7. The minimum atomic E-state index is -0.480. The topological polar surface area (TPSA) is 64.4 Å². The van der Waals surface area contributed by atoms with E-state index in [-0.39, 0.29) is 29.5 Å². The lowest BCUT2D eigenvalue weighted by atomic mass is 10.2. The number of carbonyl (C=O) groups excluding carboxylic acids is 1. The van der Waals surface area contributed by atoms with E-state index in [9.17, 15) is 14.0 Å². The Morgan fingerprint density at radius 3 is 2.72 bits per heavy atom. The zero-order chi connectivity index (χ0) is 18.4. The SMILES string of the molecule is CCCCn1nc(C(=O)N(C)Cc2ccc(OC)c(F)c2)ccc1=O. The molecule has 0 saturated carbocycles. The largest absolute Gasteiger partial charge is 0.494 e. The van der Waals surface area contributed by atoms with Crippen molar-refractivity contribution in [3.05, 3.63) is 57.8 Å². The number of methoxy groups -OCH3 is 1. The molecule has 0 aliphatic heterocycles. The molecule has 7 heteroatoms. The smallest absolute Gasteiger partial charge is 0.274 e. The standard InChI is InChI=1S/C18H22FN3O3/c1-4-5-10-22-17(23)9-7-15(20-22)18(24)21(2)12-13-6-8-16(25-3)14(19)11-13/h6-9,11H,4-5,10,12H2,1-3H3. The molecule has 0 N–H and O–H groups in total. The molecule has 0 unspecified atom stereocenters. The Hall–Kier alpha value is -2.70. The van der Waals surface area contributed by atoms with Crippen LogP contribution in [0.25, 0.3) is 0 Å². The van der Waals surface area contributed by atoms with E-state index in [2.05, 4.69) is 5.10 Å². The molecule has 25 heavy (non-hydrogen) atoms. The van der Waals surface area contributed by atoms with Crippen molar-refractivity contribution in [3.63, 3.8) is 0 Å². The van der Waals surface area contributed by atoms with E-state index in [0.717, 1.165) is 12.8 Å². The van der Waals surface area contributed by atoms with E-state index < -0.39 is 5.82 Å². The van der Waals surface area contributed by atoms with E-state index in [1.165, 1.54) is 41.0 Å². The first-order valence-electron chi connectivity index (χ1n) is 8.12. The van der Waals surface area contributed by atoms with Crippen LogP contribution in [0, 0.1) is 5.82 Å². The molecule has 1 amide bonds. The Morgan fingerprint density at radius 2 is 2.08 bits per heavy atom. The number of hydrogen-bond donors (Lipinski definition) is 0. The van der Waals surface area contributed by atoms with Crippen LogP contribution < -0.4 is 10.3 Å². The van der Waals surface area contributed by atoms with Crippen LogP contribution in [0.5, 0.6) is 5.75 Å². The highest BCUT2D eigenvalue weighted by molar-refractivity contribution is 5.91. The molecular formula is C18H22FN3O3. The van der Waals surface area contributed by atoms with Gasteiger partial charge in [0.15, 0.2) is 11.6 Å². The highest BCUT2D eigenvalue weighted by atomic mass is 19.1. The molecule has 1 heterocycles. The predicted molar refractivity (Wildman–Crippen MR) is 92.2 cm³/mol. The van der Waals surface area contributed by atoms with Crippen molar-refractivity contribution < 1.29 is 13.9 Å². The van der Waals surface area contributed by atoms with Crippen molar-refractivity contribution in [1.82, 2.24) is 14.7 Å². The molecule has 134 valence electrons. The lowest BCUT2D eigenvalue weighted by Crippen LogP contribution is -2.31. The number of amides is 1. The molecule has 0 spiro atoms. The first kappa shape index (κ1) is 18.6. The van der Waals surface area contributed by atoms with Crippen molar-refractivity contribution in [2.45, 2.75) is 32.9 Å². The number of ether oxygens (including phenoxy) is 1. The second kappa shape index (κ2) is 8.41. The third kappa shape index (κ3) is 4.65. The number of unbranched alkanes of at least 4 members (excludes halogenated alkanes) is 1. The van der Waals surface area contributed by atoms with Crippen LogP contribution in [0.4, 0.5) is 4.39 Å². The summed E-state index contributed by atoms with van der Waals surface area (Å²) >= 11 is 0. The minimum absolute atomic E-state index is 0.155. The number of halogens is 1. The highest BCUT2D eigenvalue weighted by Gasteiger charge is 2.16. The average molecular weight is 347 g/mol. The van der Waals surface area contributed by atoms with Gasteiger partial charge in [-0.3, -0.25) is 9.59 Å². The van der Waals surface area contributed by atoms with Gasteiger partial charge in [-0.05, 0) is 30.2 Å². The maximum Gasteiger partial charge on any atom is 0.274 e. The van der Waals surface area contributed by atoms with E-state index in [1.54, 1.807) is 13.1 Å². The molecule has 0 aliphatic carbocycles. The van der Waals surface area contributed by atoms with Gasteiger partial charge in [0.25, 0.3) is 11.5 Å². The lowest BCUT2D eigenvalue weighted by Gasteiger charge is -2.17. The molecular weight excluding hydrogens is 325 g/mol. The van der Waals surface area contributed by atoms with Crippen LogP contribution in [0.3, 0.4) is 0 Å². The van der Waals surface area contributed by atoms with Crippen LogP contribution in [-0.2, 0) is 13.1 Å². The summed E-state index contributed by atoms with van der Waals surface area (Å²) in [5.41, 5.74) is 0.588. The summed E-state index contributed by atoms with van der Waals surface area (Å²) in [5, 5.41) is 4.14. The molecule has 0 radical (unpaired) electrons. The number of carbonyl (C=O) groups is 1. The Bertz CT molecular complexity index is 804. The van der Waals surface area contributed by atoms with Crippen molar-refractivity contribution in [3.8, 4) is 5.75 Å². The van der Waals surface area contributed by atoms with Gasteiger partial charge in [0, 0.05) is 26.2 Å². The summed E-state index contributed by atoms with van der Waals surface area (Å²) in [6.07, 6.45) is 1.74. The Labute approximate surface area is 145 Å². The maximum absolute atomic E-state index is 13.8. The van der Waals surface area contributed by atoms with Gasteiger partial charge in [-0.15, -0.1) is 0 Å². The minimum Gasteiger partial charge on any atom is -0.494 e. The molecule has 0 bridgehead atoms. The molecule has 2 rings (SSSR count). The number of rotatable bonds is 7. The molecule has 0 atom stereocenters. The van der Waals surface area contributed by atoms with Gasteiger partial charge in [0.2, 0.25) is 0 Å². The Balaban J connectivity index is 2.14. The second-order valence-corrected chi connectivity index (χ2v) is 5.76. The van der Waals surface area contributed by atoms with Gasteiger partial charge in [-0.1, -0.05) is 19.4 Å².